The van der Waals surface area contributed by atoms with Crippen LogP contribution in [0.5, 0.6) is 0 Å². The molecule has 0 spiro atoms. The minimum absolute atomic E-state index is 0.0966. The number of nitrogens with zero attached hydrogens (tertiary/aromatic N) is 2. The Kier molecular flexibility index (Phi) is 6.37. The summed E-state index contributed by atoms with van der Waals surface area (Å²) in [5.74, 6) is 1.63. The van der Waals surface area contributed by atoms with Gasteiger partial charge in [0.05, 0.1) is 11.7 Å². The van der Waals surface area contributed by atoms with Gasteiger partial charge in [0.15, 0.2) is 5.11 Å². The van der Waals surface area contributed by atoms with Gasteiger partial charge in [0.2, 0.25) is 0 Å². The van der Waals surface area contributed by atoms with Crippen molar-refractivity contribution in [2.75, 3.05) is 20.3 Å². The molecule has 0 unspecified atom stereocenters. The van der Waals surface area contributed by atoms with Gasteiger partial charge in [-0.3, -0.25) is 4.98 Å². The van der Waals surface area contributed by atoms with Crippen LogP contribution in [0.25, 0.3) is 11.3 Å². The molecule has 0 saturated carbocycles. The quantitative estimate of drug-likeness (QED) is 0.396. The number of benzene rings is 1. The second-order valence-corrected chi connectivity index (χ2v) is 8.15. The molecule has 1 N–H and O–H groups in total. The summed E-state index contributed by atoms with van der Waals surface area (Å²) in [6.45, 7) is 3.49. The van der Waals surface area contributed by atoms with E-state index in [-0.39, 0.29) is 12.1 Å². The van der Waals surface area contributed by atoms with Gasteiger partial charge in [-0.15, -0.1) is 0 Å². The normalized spacial score (nSPS) is 18.6. The van der Waals surface area contributed by atoms with E-state index in [2.05, 4.69) is 15.2 Å². The van der Waals surface area contributed by atoms with Gasteiger partial charge in [0.1, 0.15) is 17.6 Å². The predicted octanol–water partition coefficient (Wildman–Crippen LogP) is 5.31. The number of aryl methyl sites for hydroxylation is 1. The number of thiocarbonyl (C=S) groups is 1. The molecule has 30 heavy (non-hydrogen) atoms. The Hall–Kier alpha value is -2.41. The molecule has 5 nitrogen and oxygen atoms in total. The number of furan rings is 1. The minimum atomic E-state index is -0.0995. The summed E-state index contributed by atoms with van der Waals surface area (Å²) in [6, 6.07) is 15.6. The molecule has 2 atom stereocenters. The molecule has 1 aromatic carbocycles. The number of aromatic nitrogens is 1. The Morgan fingerprint density at radius 3 is 2.87 bits per heavy atom. The third kappa shape index (κ3) is 4.21. The zero-order valence-corrected chi connectivity index (χ0v) is 18.5. The summed E-state index contributed by atoms with van der Waals surface area (Å²) >= 11 is 11.9. The number of pyridine rings is 1. The van der Waals surface area contributed by atoms with E-state index >= 15 is 0 Å². The highest BCUT2D eigenvalue weighted by molar-refractivity contribution is 7.80. The fraction of sp³-hybridized carbons (Fsp3) is 0.304. The summed E-state index contributed by atoms with van der Waals surface area (Å²) in [4.78, 5) is 6.73. The van der Waals surface area contributed by atoms with Gasteiger partial charge < -0.3 is 19.4 Å². The summed E-state index contributed by atoms with van der Waals surface area (Å²) < 4.78 is 11.6. The van der Waals surface area contributed by atoms with Gasteiger partial charge in [-0.1, -0.05) is 23.7 Å². The summed E-state index contributed by atoms with van der Waals surface area (Å²) in [7, 11) is 1.71. The van der Waals surface area contributed by atoms with E-state index in [9.17, 15) is 0 Å². The number of hydrogen-bond acceptors (Lipinski definition) is 4. The third-order valence-corrected chi connectivity index (χ3v) is 5.92. The van der Waals surface area contributed by atoms with Crippen molar-refractivity contribution >= 4 is 28.9 Å². The van der Waals surface area contributed by atoms with Crippen molar-refractivity contribution in [1.29, 1.82) is 0 Å². The smallest absolute Gasteiger partial charge is 0.170 e. The summed E-state index contributed by atoms with van der Waals surface area (Å²) in [6.07, 6.45) is 2.67. The lowest BCUT2D eigenvalue weighted by molar-refractivity contribution is 0.177. The fourth-order valence-corrected chi connectivity index (χ4v) is 4.35. The van der Waals surface area contributed by atoms with Crippen LogP contribution in [0.3, 0.4) is 0 Å². The van der Waals surface area contributed by atoms with Crippen LogP contribution >= 0.6 is 23.8 Å². The van der Waals surface area contributed by atoms with Gasteiger partial charge in [-0.05, 0) is 67.5 Å². The average Bonchev–Trinajstić information content (AvgIpc) is 3.35. The highest BCUT2D eigenvalue weighted by Gasteiger charge is 2.41. The molecule has 3 heterocycles. The molecule has 1 saturated heterocycles. The van der Waals surface area contributed by atoms with E-state index in [1.54, 1.807) is 13.3 Å². The van der Waals surface area contributed by atoms with Gasteiger partial charge in [-0.2, -0.15) is 0 Å². The Morgan fingerprint density at radius 2 is 2.10 bits per heavy atom. The fourth-order valence-electron chi connectivity index (χ4n) is 3.85. The molecule has 156 valence electrons. The van der Waals surface area contributed by atoms with Gasteiger partial charge in [-0.25, -0.2) is 0 Å². The zero-order valence-electron chi connectivity index (χ0n) is 17.0. The van der Waals surface area contributed by atoms with Crippen molar-refractivity contribution in [1.82, 2.24) is 15.2 Å². The lowest BCUT2D eigenvalue weighted by Gasteiger charge is -2.26. The van der Waals surface area contributed by atoms with Crippen LogP contribution in [0.4, 0.5) is 0 Å². The molecule has 7 heteroatoms. The second-order valence-electron chi connectivity index (χ2n) is 7.33. The van der Waals surface area contributed by atoms with Crippen molar-refractivity contribution in [2.24, 2.45) is 0 Å². The molecular weight excluding hydrogens is 418 g/mol. The first kappa shape index (κ1) is 20.8. The number of nitrogens with one attached hydrogen (secondary N) is 1. The van der Waals surface area contributed by atoms with E-state index in [0.717, 1.165) is 41.3 Å². The Bertz CT molecular complexity index is 1020. The maximum absolute atomic E-state index is 6.37. The molecule has 4 rings (SSSR count). The van der Waals surface area contributed by atoms with Gasteiger partial charge in [0.25, 0.3) is 0 Å². The Morgan fingerprint density at radius 1 is 1.23 bits per heavy atom. The highest BCUT2D eigenvalue weighted by atomic mass is 35.5. The SMILES string of the molecule is COCCCN1C(=S)N[C@H](c2ccccn2)[C@H]1c1ccc(-c2cc(Cl)ccc2C)o1. The minimum Gasteiger partial charge on any atom is -0.459 e. The maximum atomic E-state index is 6.37. The van der Waals surface area contributed by atoms with Crippen LogP contribution in [-0.2, 0) is 4.74 Å². The van der Waals surface area contributed by atoms with E-state index < -0.39 is 0 Å². The summed E-state index contributed by atoms with van der Waals surface area (Å²) in [5, 5.41) is 4.82. The summed E-state index contributed by atoms with van der Waals surface area (Å²) in [5.41, 5.74) is 3.03. The number of rotatable bonds is 7. The van der Waals surface area contributed by atoms with Crippen molar-refractivity contribution < 1.29 is 9.15 Å². The Balaban J connectivity index is 1.71. The van der Waals surface area contributed by atoms with E-state index in [1.807, 2.05) is 55.5 Å². The molecule has 2 aromatic heterocycles. The zero-order chi connectivity index (χ0) is 21.1. The average molecular weight is 442 g/mol. The van der Waals surface area contributed by atoms with Crippen LogP contribution in [0.15, 0.2) is 59.1 Å². The molecule has 0 bridgehead atoms. The van der Waals surface area contributed by atoms with E-state index in [1.165, 1.54) is 0 Å². The molecular formula is C23H24ClN3O2S. The van der Waals surface area contributed by atoms with Crippen LogP contribution in [0.2, 0.25) is 5.02 Å². The van der Waals surface area contributed by atoms with Crippen LogP contribution in [0.1, 0.15) is 35.5 Å². The lowest BCUT2D eigenvalue weighted by atomic mass is 10.0. The monoisotopic (exact) mass is 441 g/mol. The number of ether oxygens (including phenoxy) is 1. The number of hydrogen-bond donors (Lipinski definition) is 1. The maximum Gasteiger partial charge on any atom is 0.170 e. The van der Waals surface area contributed by atoms with Gasteiger partial charge >= 0.3 is 0 Å². The first-order valence-electron chi connectivity index (χ1n) is 9.91. The van der Waals surface area contributed by atoms with Crippen LogP contribution in [0, 0.1) is 6.92 Å². The second kappa shape index (κ2) is 9.16. The van der Waals surface area contributed by atoms with Crippen molar-refractivity contribution in [2.45, 2.75) is 25.4 Å². The molecule has 1 aliphatic heterocycles. The largest absolute Gasteiger partial charge is 0.459 e. The molecule has 0 amide bonds. The van der Waals surface area contributed by atoms with Crippen molar-refractivity contribution in [3.8, 4) is 11.3 Å². The number of methoxy groups -OCH3 is 1. The molecule has 3 aromatic rings. The van der Waals surface area contributed by atoms with Crippen LogP contribution in [-0.4, -0.2) is 35.3 Å². The van der Waals surface area contributed by atoms with E-state index in [0.29, 0.717) is 16.7 Å². The Labute approximate surface area is 187 Å². The topological polar surface area (TPSA) is 50.5 Å². The predicted molar refractivity (Wildman–Crippen MR) is 123 cm³/mol. The molecule has 1 fully saturated rings. The first-order valence-corrected chi connectivity index (χ1v) is 10.7. The van der Waals surface area contributed by atoms with Gasteiger partial charge in [0, 0.05) is 37.0 Å². The molecule has 0 radical (unpaired) electrons. The van der Waals surface area contributed by atoms with Crippen molar-refractivity contribution in [3.05, 3.63) is 76.8 Å². The standard InChI is InChI=1S/C23H24ClN3O2S/c1-15-7-8-16(24)14-17(15)19-9-10-20(29-19)22-21(18-6-3-4-11-25-18)26-23(30)27(22)12-5-13-28-2/h3-4,6-11,14,21-22H,5,12-13H2,1-2H3,(H,26,30)/t21-,22-/m1/s1. The lowest BCUT2D eigenvalue weighted by Crippen LogP contribution is -2.31. The van der Waals surface area contributed by atoms with Crippen LogP contribution < -0.4 is 5.32 Å². The molecule has 0 aliphatic carbocycles. The highest BCUT2D eigenvalue weighted by Crippen LogP contribution is 2.41. The van der Waals surface area contributed by atoms with E-state index in [4.69, 9.17) is 33.0 Å². The molecule has 1 aliphatic rings. The van der Waals surface area contributed by atoms with Crippen molar-refractivity contribution in [3.63, 3.8) is 0 Å². The first-order chi connectivity index (χ1) is 14.6. The third-order valence-electron chi connectivity index (χ3n) is 5.33. The number of halogens is 1.